The fraction of sp³-hybridized carbons (Fsp3) is 0.269. The molecule has 0 saturated heterocycles. The van der Waals surface area contributed by atoms with Crippen molar-refractivity contribution in [3.8, 4) is 17.0 Å². The van der Waals surface area contributed by atoms with E-state index in [1.54, 1.807) is 6.07 Å². The fourth-order valence-corrected chi connectivity index (χ4v) is 3.82. The number of hydrogen-bond donors (Lipinski definition) is 2. The molecule has 7 nitrogen and oxygen atoms in total. The van der Waals surface area contributed by atoms with E-state index >= 15 is 0 Å². The number of pyridine rings is 1. The van der Waals surface area contributed by atoms with Gasteiger partial charge in [0.05, 0.1) is 28.9 Å². The first kappa shape index (κ1) is 22.3. The van der Waals surface area contributed by atoms with Gasteiger partial charge in [0, 0.05) is 18.3 Å². The largest absolute Gasteiger partial charge is 0.493 e. The zero-order chi connectivity index (χ0) is 23.4. The summed E-state index contributed by atoms with van der Waals surface area (Å²) in [6.07, 6.45) is 3.27. The number of carbonyl (C=O) groups is 1. The number of aromatic nitrogens is 3. The second-order valence-corrected chi connectivity index (χ2v) is 8.85. The van der Waals surface area contributed by atoms with Gasteiger partial charge < -0.3 is 20.1 Å². The van der Waals surface area contributed by atoms with Gasteiger partial charge in [0.1, 0.15) is 5.75 Å². The van der Waals surface area contributed by atoms with Gasteiger partial charge in [-0.2, -0.15) is 0 Å². The Labute approximate surface area is 192 Å². The molecule has 170 valence electrons. The molecule has 0 bridgehead atoms. The zero-order valence-corrected chi connectivity index (χ0v) is 18.9. The van der Waals surface area contributed by atoms with Crippen LogP contribution < -0.4 is 10.5 Å². The molecule has 7 heteroatoms. The number of ether oxygens (including phenoxy) is 1. The van der Waals surface area contributed by atoms with Gasteiger partial charge in [0.2, 0.25) is 5.95 Å². The van der Waals surface area contributed by atoms with Crippen LogP contribution in [0, 0.1) is 5.41 Å². The van der Waals surface area contributed by atoms with Crippen molar-refractivity contribution >= 4 is 23.0 Å². The molecule has 0 amide bonds. The molecule has 0 saturated carbocycles. The van der Waals surface area contributed by atoms with Crippen molar-refractivity contribution in [2.45, 2.75) is 33.2 Å². The molecule has 0 atom stereocenters. The molecule has 2 aromatic carbocycles. The maximum Gasteiger partial charge on any atom is 0.335 e. The smallest absolute Gasteiger partial charge is 0.335 e. The Kier molecular flexibility index (Phi) is 6.31. The summed E-state index contributed by atoms with van der Waals surface area (Å²) < 4.78 is 8.19. The molecule has 0 spiro atoms. The number of rotatable bonds is 9. The Morgan fingerprint density at radius 3 is 2.67 bits per heavy atom. The van der Waals surface area contributed by atoms with Gasteiger partial charge in [0.25, 0.3) is 0 Å². The third kappa shape index (κ3) is 5.14. The number of hydrogen-bond acceptors (Lipinski definition) is 5. The molecular weight excluding hydrogens is 416 g/mol. The van der Waals surface area contributed by atoms with Crippen molar-refractivity contribution in [3.05, 3.63) is 72.4 Å². The maximum absolute atomic E-state index is 11.3. The average molecular weight is 445 g/mol. The summed E-state index contributed by atoms with van der Waals surface area (Å²) in [5.74, 6) is 0.242. The van der Waals surface area contributed by atoms with Crippen LogP contribution in [0.3, 0.4) is 0 Å². The van der Waals surface area contributed by atoms with E-state index in [4.69, 9.17) is 10.5 Å². The summed E-state index contributed by atoms with van der Waals surface area (Å²) in [5.41, 5.74) is 9.67. The van der Waals surface area contributed by atoms with Crippen LogP contribution in [-0.4, -0.2) is 32.2 Å². The molecule has 0 radical (unpaired) electrons. The Balaban J connectivity index is 1.40. The highest BCUT2D eigenvalue weighted by Crippen LogP contribution is 2.31. The van der Waals surface area contributed by atoms with E-state index in [-0.39, 0.29) is 11.0 Å². The third-order valence-corrected chi connectivity index (χ3v) is 5.90. The number of carboxylic acids is 1. The average Bonchev–Trinajstić information content (AvgIpc) is 3.13. The standard InChI is InChI=1S/C26H28N4O3/c1-26(2,12-15-30-22-9-5-4-8-20(22)29-25(30)27)13-16-33-23-10-6-3-7-19(23)21-17-18(24(31)32)11-14-28-21/h3-11,14,17H,12-13,15-16H2,1-2H3,(H2,27,29)(H,31,32). The van der Waals surface area contributed by atoms with Gasteiger partial charge in [-0.05, 0) is 54.7 Å². The van der Waals surface area contributed by atoms with Gasteiger partial charge >= 0.3 is 5.97 Å². The van der Waals surface area contributed by atoms with E-state index in [1.165, 1.54) is 12.3 Å². The van der Waals surface area contributed by atoms with E-state index in [0.29, 0.717) is 24.0 Å². The Hall–Kier alpha value is -3.87. The minimum absolute atomic E-state index is 0.0221. The van der Waals surface area contributed by atoms with Crippen LogP contribution in [0.25, 0.3) is 22.3 Å². The lowest BCUT2D eigenvalue weighted by molar-refractivity contribution is 0.0696. The van der Waals surface area contributed by atoms with Crippen molar-refractivity contribution in [3.63, 3.8) is 0 Å². The van der Waals surface area contributed by atoms with Gasteiger partial charge in [0.15, 0.2) is 0 Å². The highest BCUT2D eigenvalue weighted by molar-refractivity contribution is 5.89. The summed E-state index contributed by atoms with van der Waals surface area (Å²) in [4.78, 5) is 20.1. The van der Waals surface area contributed by atoms with E-state index in [9.17, 15) is 9.90 Å². The van der Waals surface area contributed by atoms with Crippen LogP contribution >= 0.6 is 0 Å². The number of nitrogens with two attached hydrogens (primary N) is 1. The first-order chi connectivity index (χ1) is 15.8. The van der Waals surface area contributed by atoms with E-state index in [0.717, 1.165) is 36.0 Å². The minimum Gasteiger partial charge on any atom is -0.493 e. The number of benzene rings is 2. The van der Waals surface area contributed by atoms with E-state index in [1.807, 2.05) is 48.5 Å². The Morgan fingerprint density at radius 1 is 1.09 bits per heavy atom. The van der Waals surface area contributed by atoms with Crippen LogP contribution in [0.4, 0.5) is 5.95 Å². The Bertz CT molecular complexity index is 1280. The van der Waals surface area contributed by atoms with Crippen LogP contribution in [0.15, 0.2) is 66.9 Å². The highest BCUT2D eigenvalue weighted by atomic mass is 16.5. The first-order valence-electron chi connectivity index (χ1n) is 11.0. The zero-order valence-electron chi connectivity index (χ0n) is 18.9. The van der Waals surface area contributed by atoms with Crippen molar-refractivity contribution < 1.29 is 14.6 Å². The third-order valence-electron chi connectivity index (χ3n) is 5.90. The monoisotopic (exact) mass is 444 g/mol. The Morgan fingerprint density at radius 2 is 1.85 bits per heavy atom. The molecule has 2 heterocycles. The predicted octanol–water partition coefficient (Wildman–Crippen LogP) is 5.26. The molecule has 0 unspecified atom stereocenters. The maximum atomic E-state index is 11.3. The molecule has 4 aromatic rings. The molecular formula is C26H28N4O3. The number of para-hydroxylation sites is 3. The SMILES string of the molecule is CC(C)(CCOc1ccccc1-c1cc(C(=O)O)ccn1)CCn1c(N)nc2ccccc21. The summed E-state index contributed by atoms with van der Waals surface area (Å²) in [6.45, 7) is 5.75. The number of carboxylic acid groups (broad SMARTS) is 1. The topological polar surface area (TPSA) is 103 Å². The highest BCUT2D eigenvalue weighted by Gasteiger charge is 2.20. The van der Waals surface area contributed by atoms with Crippen LogP contribution in [-0.2, 0) is 6.54 Å². The van der Waals surface area contributed by atoms with Crippen molar-refractivity contribution in [2.24, 2.45) is 5.41 Å². The van der Waals surface area contributed by atoms with E-state index < -0.39 is 5.97 Å². The normalized spacial score (nSPS) is 11.6. The number of nitrogen functional groups attached to an aromatic ring is 1. The van der Waals surface area contributed by atoms with Gasteiger partial charge in [-0.3, -0.25) is 4.98 Å². The molecule has 33 heavy (non-hydrogen) atoms. The number of aryl methyl sites for hydroxylation is 1. The number of aromatic carboxylic acids is 1. The van der Waals surface area contributed by atoms with Crippen molar-refractivity contribution in [1.82, 2.24) is 14.5 Å². The summed E-state index contributed by atoms with van der Waals surface area (Å²) in [6, 6.07) is 18.6. The fourth-order valence-electron chi connectivity index (χ4n) is 3.82. The number of imidazole rings is 1. The summed E-state index contributed by atoms with van der Waals surface area (Å²) in [7, 11) is 0. The first-order valence-corrected chi connectivity index (χ1v) is 11.0. The molecule has 0 aliphatic rings. The molecule has 0 aliphatic heterocycles. The lowest BCUT2D eigenvalue weighted by Crippen LogP contribution is -2.19. The lowest BCUT2D eigenvalue weighted by atomic mass is 9.86. The lowest BCUT2D eigenvalue weighted by Gasteiger charge is -2.25. The molecule has 0 aliphatic carbocycles. The summed E-state index contributed by atoms with van der Waals surface area (Å²) >= 11 is 0. The van der Waals surface area contributed by atoms with Gasteiger partial charge in [-0.1, -0.05) is 38.1 Å². The van der Waals surface area contributed by atoms with Crippen molar-refractivity contribution in [1.29, 1.82) is 0 Å². The number of nitrogens with zero attached hydrogens (tertiary/aromatic N) is 3. The molecule has 4 rings (SSSR count). The quantitative estimate of drug-likeness (QED) is 0.365. The van der Waals surface area contributed by atoms with Gasteiger partial charge in [-0.15, -0.1) is 0 Å². The second kappa shape index (κ2) is 9.32. The van der Waals surface area contributed by atoms with Crippen LogP contribution in [0.2, 0.25) is 0 Å². The molecule has 2 aromatic heterocycles. The number of anilines is 1. The van der Waals surface area contributed by atoms with Gasteiger partial charge in [-0.25, -0.2) is 9.78 Å². The van der Waals surface area contributed by atoms with Crippen molar-refractivity contribution in [2.75, 3.05) is 12.3 Å². The second-order valence-electron chi connectivity index (χ2n) is 8.85. The summed E-state index contributed by atoms with van der Waals surface area (Å²) in [5, 5.41) is 9.28. The predicted molar refractivity (Wildman–Crippen MR) is 129 cm³/mol. The minimum atomic E-state index is -0.981. The van der Waals surface area contributed by atoms with E-state index in [2.05, 4.69) is 28.4 Å². The molecule has 0 fully saturated rings. The van der Waals surface area contributed by atoms with Crippen LogP contribution in [0.1, 0.15) is 37.0 Å². The molecule has 3 N–H and O–H groups in total. The number of fused-ring (bicyclic) bond motifs is 1. The van der Waals surface area contributed by atoms with Crippen LogP contribution in [0.5, 0.6) is 5.75 Å².